The minimum atomic E-state index is -2.23. The van der Waals surface area contributed by atoms with Crippen LogP contribution in [0.15, 0.2) is 67.0 Å². The summed E-state index contributed by atoms with van der Waals surface area (Å²) < 4.78 is 20.5. The van der Waals surface area contributed by atoms with Crippen LogP contribution < -0.4 is 0 Å². The van der Waals surface area contributed by atoms with Crippen LogP contribution in [0.1, 0.15) is 11.1 Å². The average molecular weight is 448 g/mol. The number of aliphatic hydroxyl groups excluding tert-OH is 3. The number of aromatic nitrogens is 2. The van der Waals surface area contributed by atoms with Gasteiger partial charge in [-0.3, -0.25) is 0 Å². The molecule has 1 aliphatic heterocycles. The summed E-state index contributed by atoms with van der Waals surface area (Å²) in [5.41, 5.74) is -0.713. The Bertz CT molecular complexity index is 1240. The van der Waals surface area contributed by atoms with Crippen molar-refractivity contribution >= 4 is 0 Å². The summed E-state index contributed by atoms with van der Waals surface area (Å²) in [5, 5.41) is 45.7. The number of hydrogen-bond donors (Lipinski definition) is 4. The zero-order valence-corrected chi connectivity index (χ0v) is 17.3. The largest absolute Gasteiger partial charge is 0.394 e. The van der Waals surface area contributed by atoms with Gasteiger partial charge in [0.2, 0.25) is 0 Å². The Hall–Kier alpha value is -3.50. The van der Waals surface area contributed by atoms with Gasteiger partial charge in [-0.25, -0.2) is 9.07 Å². The minimum Gasteiger partial charge on any atom is -0.394 e. The van der Waals surface area contributed by atoms with E-state index in [-0.39, 0.29) is 0 Å². The van der Waals surface area contributed by atoms with Crippen LogP contribution in [0.5, 0.6) is 0 Å². The van der Waals surface area contributed by atoms with Crippen molar-refractivity contribution in [3.63, 3.8) is 0 Å². The molecule has 1 aromatic heterocycles. The lowest BCUT2D eigenvalue weighted by Gasteiger charge is -2.43. The molecule has 5 atom stereocenters. The van der Waals surface area contributed by atoms with Gasteiger partial charge in [0.1, 0.15) is 24.1 Å². The Morgan fingerprint density at radius 2 is 1.85 bits per heavy atom. The van der Waals surface area contributed by atoms with E-state index in [4.69, 9.17) is 4.74 Å². The molecule has 33 heavy (non-hydrogen) atoms. The van der Waals surface area contributed by atoms with E-state index in [0.717, 1.165) is 0 Å². The molecule has 3 aromatic rings. The maximum atomic E-state index is 13.5. The molecular weight excluding hydrogens is 427 g/mol. The molecule has 4 rings (SSSR count). The fraction of sp³-hybridized carbons (Fsp3) is 0.240. The second-order valence-corrected chi connectivity index (χ2v) is 7.54. The van der Waals surface area contributed by atoms with Gasteiger partial charge in [0.25, 0.3) is 0 Å². The molecule has 168 valence electrons. The van der Waals surface area contributed by atoms with Gasteiger partial charge in [-0.05, 0) is 30.3 Å². The van der Waals surface area contributed by atoms with Crippen molar-refractivity contribution < 1.29 is 29.6 Å². The molecule has 0 radical (unpaired) electrons. The summed E-state index contributed by atoms with van der Waals surface area (Å²) in [6.45, 7) is -0.587. The van der Waals surface area contributed by atoms with Crippen molar-refractivity contribution in [3.8, 4) is 29.4 Å². The fourth-order valence-electron chi connectivity index (χ4n) is 3.40. The Labute approximate surface area is 189 Å². The zero-order chi connectivity index (χ0) is 23.4. The maximum absolute atomic E-state index is 13.5. The first-order valence-corrected chi connectivity index (χ1v) is 10.2. The number of ether oxygens (including phenoxy) is 1. The molecule has 0 spiro atoms. The van der Waals surface area contributed by atoms with Crippen molar-refractivity contribution in [2.75, 3.05) is 6.61 Å². The smallest absolute Gasteiger partial charge is 0.191 e. The highest BCUT2D eigenvalue weighted by atomic mass is 19.1. The van der Waals surface area contributed by atoms with Gasteiger partial charge >= 0.3 is 0 Å². The maximum Gasteiger partial charge on any atom is 0.191 e. The monoisotopic (exact) mass is 448 g/mol. The predicted octanol–water partition coefficient (Wildman–Crippen LogP) is 0.627. The molecule has 8 heteroatoms. The quantitative estimate of drug-likeness (QED) is 0.429. The molecular formula is C25H21FN2O5. The Morgan fingerprint density at radius 1 is 1.06 bits per heavy atom. The molecule has 7 nitrogen and oxygen atoms in total. The summed E-state index contributed by atoms with van der Waals surface area (Å²) in [7, 11) is 0. The minimum absolute atomic E-state index is 0.407. The van der Waals surface area contributed by atoms with E-state index >= 15 is 0 Å². The van der Waals surface area contributed by atoms with E-state index in [2.05, 4.69) is 28.8 Å². The molecule has 1 fully saturated rings. The first kappa shape index (κ1) is 22.7. The van der Waals surface area contributed by atoms with Gasteiger partial charge < -0.3 is 25.2 Å². The van der Waals surface area contributed by atoms with Gasteiger partial charge in [0.05, 0.1) is 24.1 Å². The number of rotatable bonds is 2. The summed E-state index contributed by atoms with van der Waals surface area (Å²) >= 11 is 0. The first-order chi connectivity index (χ1) is 15.9. The number of nitrogens with zero attached hydrogens (tertiary/aromatic N) is 2. The lowest BCUT2D eigenvalue weighted by atomic mass is 9.82. The Kier molecular flexibility index (Phi) is 6.57. The van der Waals surface area contributed by atoms with Crippen LogP contribution in [0.2, 0.25) is 0 Å². The molecule has 1 saturated heterocycles. The Morgan fingerprint density at radius 3 is 2.58 bits per heavy atom. The molecule has 0 amide bonds. The van der Waals surface area contributed by atoms with E-state index in [0.29, 0.717) is 16.8 Å². The fourth-order valence-corrected chi connectivity index (χ4v) is 3.40. The van der Waals surface area contributed by atoms with Gasteiger partial charge in [-0.15, -0.1) is 0 Å². The molecule has 0 unspecified atom stereocenters. The molecule has 0 bridgehead atoms. The van der Waals surface area contributed by atoms with Gasteiger partial charge in [0, 0.05) is 11.8 Å². The normalized spacial score (nSPS) is 26.6. The SMILES string of the molecule is OC[C@H]1O[C@H](C#Cc2cnn(-c3cccc(F)c3)c2)[C@](O)(C#Cc2ccccc2)[C@@H](O)[C@@H]1O. The van der Waals surface area contributed by atoms with Crippen LogP contribution in [-0.2, 0) is 4.74 Å². The second-order valence-electron chi connectivity index (χ2n) is 7.54. The highest BCUT2D eigenvalue weighted by molar-refractivity contribution is 5.42. The third-order valence-electron chi connectivity index (χ3n) is 5.23. The van der Waals surface area contributed by atoms with E-state index in [9.17, 15) is 24.8 Å². The molecule has 0 aliphatic carbocycles. The predicted molar refractivity (Wildman–Crippen MR) is 116 cm³/mol. The number of aliphatic hydroxyl groups is 4. The third-order valence-corrected chi connectivity index (χ3v) is 5.23. The van der Waals surface area contributed by atoms with Crippen LogP contribution in [0, 0.1) is 29.5 Å². The van der Waals surface area contributed by atoms with Gasteiger partial charge in [-0.2, -0.15) is 5.10 Å². The number of halogens is 1. The van der Waals surface area contributed by atoms with Crippen molar-refractivity contribution in [2.24, 2.45) is 0 Å². The third kappa shape index (κ3) is 4.81. The van der Waals surface area contributed by atoms with Crippen molar-refractivity contribution in [2.45, 2.75) is 30.0 Å². The first-order valence-electron chi connectivity index (χ1n) is 10.2. The van der Waals surface area contributed by atoms with E-state index in [1.165, 1.54) is 23.0 Å². The topological polar surface area (TPSA) is 108 Å². The highest BCUT2D eigenvalue weighted by Crippen LogP contribution is 2.30. The highest BCUT2D eigenvalue weighted by Gasteiger charge is 2.53. The lowest BCUT2D eigenvalue weighted by Crippen LogP contribution is -2.65. The number of benzene rings is 2. The van der Waals surface area contributed by atoms with Gasteiger partial charge in [0.15, 0.2) is 11.7 Å². The van der Waals surface area contributed by atoms with Crippen LogP contribution >= 0.6 is 0 Å². The molecule has 0 saturated carbocycles. The molecule has 2 aromatic carbocycles. The Balaban J connectivity index is 1.66. The van der Waals surface area contributed by atoms with Crippen LogP contribution in [0.4, 0.5) is 4.39 Å². The van der Waals surface area contributed by atoms with Crippen molar-refractivity contribution in [3.05, 3.63) is 83.9 Å². The summed E-state index contributed by atoms with van der Waals surface area (Å²) in [5.74, 6) is 10.5. The van der Waals surface area contributed by atoms with Crippen molar-refractivity contribution in [1.29, 1.82) is 0 Å². The van der Waals surface area contributed by atoms with Gasteiger partial charge in [-0.1, -0.05) is 47.9 Å². The standard InChI is InChI=1S/C25H21FN2O5/c26-19-7-4-8-20(13-19)28-15-18(14-27-28)9-10-22-25(32,12-11-17-5-2-1-3-6-17)24(31)23(30)21(16-29)33-22/h1-8,13-15,21-24,29-32H,16H2/t21-,22-,23-,24+,25-/m1/s1. The van der Waals surface area contributed by atoms with Crippen LogP contribution in [0.3, 0.4) is 0 Å². The number of hydrogen-bond acceptors (Lipinski definition) is 6. The summed E-state index contributed by atoms with van der Waals surface area (Å²) in [6, 6.07) is 14.7. The average Bonchev–Trinajstić information content (AvgIpc) is 3.31. The molecule has 1 aliphatic rings. The second kappa shape index (κ2) is 9.55. The molecule has 2 heterocycles. The summed E-state index contributed by atoms with van der Waals surface area (Å²) in [6.07, 6.45) is -2.80. The summed E-state index contributed by atoms with van der Waals surface area (Å²) in [4.78, 5) is 0. The lowest BCUT2D eigenvalue weighted by molar-refractivity contribution is -0.239. The van der Waals surface area contributed by atoms with E-state index in [1.54, 1.807) is 42.6 Å². The van der Waals surface area contributed by atoms with E-state index in [1.807, 2.05) is 6.07 Å². The van der Waals surface area contributed by atoms with Crippen molar-refractivity contribution in [1.82, 2.24) is 9.78 Å². The molecule has 4 N–H and O–H groups in total. The van der Waals surface area contributed by atoms with E-state index < -0.39 is 42.4 Å². The van der Waals surface area contributed by atoms with Crippen LogP contribution in [-0.4, -0.2) is 66.8 Å². The van der Waals surface area contributed by atoms with Crippen LogP contribution in [0.25, 0.3) is 5.69 Å². The zero-order valence-electron chi connectivity index (χ0n) is 17.3.